The molecule has 0 spiro atoms. The van der Waals surface area contributed by atoms with Crippen molar-refractivity contribution < 1.29 is 9.18 Å². The van der Waals surface area contributed by atoms with Gasteiger partial charge in [0, 0.05) is 17.5 Å². The van der Waals surface area contributed by atoms with Crippen LogP contribution in [0, 0.1) is 12.7 Å². The SMILES string of the molecule is CCCC(=O)Nc1cnc(-c2ccc(F)c(C)c2)c(-c2ccc3ncsc3c2)c1. The maximum Gasteiger partial charge on any atom is 0.224 e. The van der Waals surface area contributed by atoms with E-state index in [1.807, 2.05) is 30.6 Å². The standard InChI is InChI=1S/C23H20FN3OS/c1-3-4-22(28)27-17-11-18(15-6-8-20-21(10-15)29-13-26-20)23(25-12-17)16-5-7-19(24)14(2)9-16/h5-13H,3-4H2,1-2H3,(H,27,28). The number of carbonyl (C=O) groups is 1. The molecular weight excluding hydrogens is 385 g/mol. The predicted octanol–water partition coefficient (Wildman–Crippen LogP) is 6.21. The number of carbonyl (C=O) groups excluding carboxylic acids is 1. The minimum absolute atomic E-state index is 0.0384. The molecule has 1 N–H and O–H groups in total. The highest BCUT2D eigenvalue weighted by Gasteiger charge is 2.14. The lowest BCUT2D eigenvalue weighted by Crippen LogP contribution is -2.11. The molecule has 146 valence electrons. The minimum Gasteiger partial charge on any atom is -0.325 e. The van der Waals surface area contributed by atoms with Crippen LogP contribution >= 0.6 is 11.3 Å². The van der Waals surface area contributed by atoms with E-state index in [0.717, 1.165) is 39.0 Å². The maximum atomic E-state index is 13.8. The molecule has 1 amide bonds. The van der Waals surface area contributed by atoms with E-state index in [1.165, 1.54) is 6.07 Å². The Morgan fingerprint density at radius 2 is 1.93 bits per heavy atom. The summed E-state index contributed by atoms with van der Waals surface area (Å²) >= 11 is 1.57. The van der Waals surface area contributed by atoms with E-state index < -0.39 is 0 Å². The zero-order valence-corrected chi connectivity index (χ0v) is 17.0. The number of aryl methyl sites for hydroxylation is 1. The number of halogens is 1. The summed E-state index contributed by atoms with van der Waals surface area (Å²) in [6.45, 7) is 3.70. The zero-order valence-electron chi connectivity index (χ0n) is 16.2. The molecule has 4 rings (SSSR count). The van der Waals surface area contributed by atoms with Gasteiger partial charge in [-0.1, -0.05) is 13.0 Å². The van der Waals surface area contributed by atoms with Crippen molar-refractivity contribution in [2.24, 2.45) is 0 Å². The summed E-state index contributed by atoms with van der Waals surface area (Å²) in [4.78, 5) is 21.0. The molecule has 0 saturated carbocycles. The lowest BCUT2D eigenvalue weighted by molar-refractivity contribution is -0.116. The highest BCUT2D eigenvalue weighted by Crippen LogP contribution is 2.35. The topological polar surface area (TPSA) is 54.9 Å². The van der Waals surface area contributed by atoms with Crippen molar-refractivity contribution in [3.63, 3.8) is 0 Å². The maximum absolute atomic E-state index is 13.8. The van der Waals surface area contributed by atoms with Gasteiger partial charge >= 0.3 is 0 Å². The van der Waals surface area contributed by atoms with Gasteiger partial charge in [-0.05, 0) is 60.9 Å². The summed E-state index contributed by atoms with van der Waals surface area (Å²) in [5.41, 5.74) is 7.38. The number of pyridine rings is 1. The molecule has 29 heavy (non-hydrogen) atoms. The average Bonchev–Trinajstić information content (AvgIpc) is 3.18. The molecule has 0 unspecified atom stereocenters. The number of hydrogen-bond acceptors (Lipinski definition) is 4. The third kappa shape index (κ3) is 4.03. The molecule has 6 heteroatoms. The minimum atomic E-state index is -0.246. The molecule has 0 fully saturated rings. The first-order valence-corrected chi connectivity index (χ1v) is 10.3. The molecule has 0 aliphatic rings. The highest BCUT2D eigenvalue weighted by atomic mass is 32.1. The van der Waals surface area contributed by atoms with Crippen LogP contribution in [0.15, 0.2) is 54.2 Å². The number of benzene rings is 2. The Kier molecular flexibility index (Phi) is 5.36. The molecule has 0 aliphatic heterocycles. The van der Waals surface area contributed by atoms with Crippen LogP contribution in [-0.4, -0.2) is 15.9 Å². The Balaban J connectivity index is 1.85. The van der Waals surface area contributed by atoms with Crippen molar-refractivity contribution in [1.29, 1.82) is 0 Å². The van der Waals surface area contributed by atoms with E-state index >= 15 is 0 Å². The molecule has 2 aromatic carbocycles. The normalized spacial score (nSPS) is 11.0. The second kappa shape index (κ2) is 8.09. The first-order valence-electron chi connectivity index (χ1n) is 9.45. The number of thiazole rings is 1. The van der Waals surface area contributed by atoms with Crippen molar-refractivity contribution in [2.75, 3.05) is 5.32 Å². The average molecular weight is 405 g/mol. The largest absolute Gasteiger partial charge is 0.325 e. The second-order valence-corrected chi connectivity index (χ2v) is 7.80. The molecule has 0 saturated heterocycles. The van der Waals surface area contributed by atoms with Crippen molar-refractivity contribution >= 4 is 33.1 Å². The smallest absolute Gasteiger partial charge is 0.224 e. The van der Waals surface area contributed by atoms with Gasteiger partial charge in [0.25, 0.3) is 0 Å². The molecular formula is C23H20FN3OS. The molecule has 4 aromatic rings. The number of fused-ring (bicyclic) bond motifs is 1. The number of anilines is 1. The third-order valence-electron chi connectivity index (χ3n) is 4.72. The van der Waals surface area contributed by atoms with Crippen molar-refractivity contribution in [2.45, 2.75) is 26.7 Å². The summed E-state index contributed by atoms with van der Waals surface area (Å²) in [6, 6.07) is 13.0. The summed E-state index contributed by atoms with van der Waals surface area (Å²) in [7, 11) is 0. The predicted molar refractivity (Wildman–Crippen MR) is 117 cm³/mol. The molecule has 0 radical (unpaired) electrons. The van der Waals surface area contributed by atoms with Gasteiger partial charge in [-0.2, -0.15) is 0 Å². The Bertz CT molecular complexity index is 1200. The summed E-state index contributed by atoms with van der Waals surface area (Å²) < 4.78 is 14.9. The van der Waals surface area contributed by atoms with Crippen LogP contribution in [0.1, 0.15) is 25.3 Å². The fraction of sp³-hybridized carbons (Fsp3) is 0.174. The monoisotopic (exact) mass is 405 g/mol. The molecule has 2 heterocycles. The highest BCUT2D eigenvalue weighted by molar-refractivity contribution is 7.16. The fourth-order valence-electron chi connectivity index (χ4n) is 3.25. The van der Waals surface area contributed by atoms with E-state index in [9.17, 15) is 9.18 Å². The molecule has 4 nitrogen and oxygen atoms in total. The number of amides is 1. The van der Waals surface area contributed by atoms with Gasteiger partial charge in [0.05, 0.1) is 33.3 Å². The van der Waals surface area contributed by atoms with Crippen LogP contribution in [-0.2, 0) is 4.79 Å². The number of rotatable bonds is 5. The Morgan fingerprint density at radius 1 is 1.10 bits per heavy atom. The summed E-state index contributed by atoms with van der Waals surface area (Å²) in [5, 5.41) is 2.91. The third-order valence-corrected chi connectivity index (χ3v) is 5.51. The quantitative estimate of drug-likeness (QED) is 0.429. The van der Waals surface area contributed by atoms with E-state index in [0.29, 0.717) is 17.7 Å². The van der Waals surface area contributed by atoms with E-state index in [1.54, 1.807) is 36.6 Å². The Morgan fingerprint density at radius 3 is 2.72 bits per heavy atom. The van der Waals surface area contributed by atoms with Crippen LogP contribution in [0.3, 0.4) is 0 Å². The van der Waals surface area contributed by atoms with Crippen LogP contribution < -0.4 is 5.32 Å². The van der Waals surface area contributed by atoms with Crippen molar-refractivity contribution in [3.05, 3.63) is 65.6 Å². The lowest BCUT2D eigenvalue weighted by atomic mass is 9.97. The van der Waals surface area contributed by atoms with E-state index in [4.69, 9.17) is 0 Å². The van der Waals surface area contributed by atoms with Crippen molar-refractivity contribution in [1.82, 2.24) is 9.97 Å². The van der Waals surface area contributed by atoms with Gasteiger partial charge in [0.2, 0.25) is 5.91 Å². The van der Waals surface area contributed by atoms with Gasteiger partial charge in [0.15, 0.2) is 0 Å². The van der Waals surface area contributed by atoms with Crippen LogP contribution in [0.4, 0.5) is 10.1 Å². The summed E-state index contributed by atoms with van der Waals surface area (Å²) in [5.74, 6) is -0.284. The first-order chi connectivity index (χ1) is 14.0. The number of aromatic nitrogens is 2. The van der Waals surface area contributed by atoms with Gasteiger partial charge in [-0.15, -0.1) is 11.3 Å². The molecule has 0 bridgehead atoms. The van der Waals surface area contributed by atoms with E-state index in [-0.39, 0.29) is 11.7 Å². The van der Waals surface area contributed by atoms with Crippen LogP contribution in [0.5, 0.6) is 0 Å². The molecule has 0 aliphatic carbocycles. The second-order valence-electron chi connectivity index (χ2n) is 6.92. The zero-order chi connectivity index (χ0) is 20.4. The van der Waals surface area contributed by atoms with Crippen LogP contribution in [0.2, 0.25) is 0 Å². The first kappa shape index (κ1) is 19.2. The van der Waals surface area contributed by atoms with Gasteiger partial charge in [0.1, 0.15) is 5.82 Å². The number of nitrogens with zero attached hydrogens (tertiary/aromatic N) is 2. The van der Waals surface area contributed by atoms with Gasteiger partial charge in [-0.3, -0.25) is 9.78 Å². The summed E-state index contributed by atoms with van der Waals surface area (Å²) in [6.07, 6.45) is 2.89. The van der Waals surface area contributed by atoms with Crippen LogP contribution in [0.25, 0.3) is 32.6 Å². The van der Waals surface area contributed by atoms with Gasteiger partial charge in [-0.25, -0.2) is 9.37 Å². The Labute approximate surface area is 172 Å². The molecule has 0 atom stereocenters. The van der Waals surface area contributed by atoms with E-state index in [2.05, 4.69) is 21.4 Å². The fourth-order valence-corrected chi connectivity index (χ4v) is 3.96. The van der Waals surface area contributed by atoms with Crippen molar-refractivity contribution in [3.8, 4) is 22.4 Å². The Hall–Kier alpha value is -3.12. The van der Waals surface area contributed by atoms with Gasteiger partial charge < -0.3 is 5.32 Å². The number of hydrogen-bond donors (Lipinski definition) is 1. The lowest BCUT2D eigenvalue weighted by Gasteiger charge is -2.13. The number of nitrogens with one attached hydrogen (secondary N) is 1. The molecule has 2 aromatic heterocycles.